The average molecular weight is 475 g/mol. The summed E-state index contributed by atoms with van der Waals surface area (Å²) in [5.41, 5.74) is 2.49. The Morgan fingerprint density at radius 1 is 1.13 bits per heavy atom. The normalized spacial score (nSPS) is 11.7. The molecule has 0 fully saturated rings. The molecule has 0 atom stereocenters. The van der Waals surface area contributed by atoms with E-state index in [2.05, 4.69) is 0 Å². The van der Waals surface area contributed by atoms with E-state index in [1.54, 1.807) is 18.2 Å². The SMILES string of the molecule is CC(C)c1cc(Cc2c(Cl)cc(OCC(=O)CCCS(=O)(=O)O)cc2Cl)ccc1O. The number of ether oxygens (including phenoxy) is 1. The molecule has 0 saturated heterocycles. The smallest absolute Gasteiger partial charge is 0.264 e. The minimum atomic E-state index is -4.08. The molecule has 6 nitrogen and oxygen atoms in total. The third-order valence-corrected chi connectivity index (χ3v) is 5.95. The average Bonchev–Trinajstić information content (AvgIpc) is 2.63. The van der Waals surface area contributed by atoms with Gasteiger partial charge in [-0.05, 0) is 47.2 Å². The number of rotatable bonds is 10. The first kappa shape index (κ1) is 24.5. The van der Waals surface area contributed by atoms with Crippen LogP contribution in [0.25, 0.3) is 0 Å². The first-order valence-electron chi connectivity index (χ1n) is 9.35. The van der Waals surface area contributed by atoms with Crippen LogP contribution < -0.4 is 4.74 Å². The van der Waals surface area contributed by atoms with Crippen LogP contribution in [0.5, 0.6) is 11.5 Å². The van der Waals surface area contributed by atoms with Crippen LogP contribution in [0.1, 0.15) is 49.3 Å². The summed E-state index contributed by atoms with van der Waals surface area (Å²) in [5, 5.41) is 10.7. The Hall–Kier alpha value is -1.80. The molecule has 9 heteroatoms. The van der Waals surface area contributed by atoms with Crippen molar-refractivity contribution in [1.82, 2.24) is 0 Å². The standard InChI is InChI=1S/C21H24Cl2O6S/c1-13(2)17-8-14(5-6-21(17)25)9-18-19(22)10-16(11-20(18)23)29-12-15(24)4-3-7-30(26,27)28/h5-6,8,10-11,13,25H,3-4,7,9,12H2,1-2H3,(H,26,27,28). The summed E-state index contributed by atoms with van der Waals surface area (Å²) in [4.78, 5) is 11.8. The Kier molecular flexibility index (Phi) is 8.55. The molecule has 0 aliphatic heterocycles. The molecule has 0 radical (unpaired) electrons. The third kappa shape index (κ3) is 7.47. The van der Waals surface area contributed by atoms with E-state index in [1.165, 1.54) is 0 Å². The molecule has 0 spiro atoms. The Labute approximate surface area is 186 Å². The summed E-state index contributed by atoms with van der Waals surface area (Å²) in [6.07, 6.45) is 0.456. The van der Waals surface area contributed by atoms with Crippen LogP contribution in [0.4, 0.5) is 0 Å². The lowest BCUT2D eigenvalue weighted by molar-refractivity contribution is -0.121. The fourth-order valence-corrected chi connectivity index (χ4v) is 4.01. The minimum absolute atomic E-state index is 0.0203. The molecule has 2 aromatic rings. The Balaban J connectivity index is 2.03. The van der Waals surface area contributed by atoms with E-state index in [-0.39, 0.29) is 36.9 Å². The van der Waals surface area contributed by atoms with Gasteiger partial charge >= 0.3 is 0 Å². The number of carbonyl (C=O) groups is 1. The van der Waals surface area contributed by atoms with Crippen molar-refractivity contribution in [2.75, 3.05) is 12.4 Å². The molecule has 30 heavy (non-hydrogen) atoms. The third-order valence-electron chi connectivity index (χ3n) is 4.47. The first-order valence-corrected chi connectivity index (χ1v) is 11.7. The highest BCUT2D eigenvalue weighted by molar-refractivity contribution is 7.85. The van der Waals surface area contributed by atoms with Gasteiger partial charge in [0.15, 0.2) is 5.78 Å². The molecule has 0 aromatic heterocycles. The lowest BCUT2D eigenvalue weighted by atomic mass is 9.96. The predicted molar refractivity (Wildman–Crippen MR) is 118 cm³/mol. The van der Waals surface area contributed by atoms with E-state index in [4.69, 9.17) is 32.5 Å². The van der Waals surface area contributed by atoms with Crippen molar-refractivity contribution in [3.63, 3.8) is 0 Å². The quantitative estimate of drug-likeness (QED) is 0.468. The number of phenolic OH excluding ortho intramolecular Hbond substituents is 1. The first-order chi connectivity index (χ1) is 14.0. The molecular weight excluding hydrogens is 451 g/mol. The zero-order chi connectivity index (χ0) is 22.5. The van der Waals surface area contributed by atoms with Crippen molar-refractivity contribution >= 4 is 39.1 Å². The monoisotopic (exact) mass is 474 g/mol. The summed E-state index contributed by atoms with van der Waals surface area (Å²) in [5.74, 6) is -0.0377. The number of Topliss-reactive ketones (excluding diaryl/α,β-unsaturated/α-hetero) is 1. The van der Waals surface area contributed by atoms with Crippen LogP contribution in [0.3, 0.4) is 0 Å². The number of ketones is 1. The van der Waals surface area contributed by atoms with Gasteiger partial charge in [0.05, 0.1) is 5.75 Å². The molecule has 2 N–H and O–H groups in total. The molecule has 164 valence electrons. The molecule has 0 aliphatic rings. The lowest BCUT2D eigenvalue weighted by Gasteiger charge is -2.14. The Morgan fingerprint density at radius 3 is 2.33 bits per heavy atom. The summed E-state index contributed by atoms with van der Waals surface area (Å²) in [6.45, 7) is 3.73. The summed E-state index contributed by atoms with van der Waals surface area (Å²) < 4.78 is 35.4. The van der Waals surface area contributed by atoms with Crippen molar-refractivity contribution in [3.05, 3.63) is 57.1 Å². The van der Waals surface area contributed by atoms with Crippen molar-refractivity contribution in [1.29, 1.82) is 0 Å². The number of hydrogen-bond acceptors (Lipinski definition) is 5. The van der Waals surface area contributed by atoms with E-state index in [0.717, 1.165) is 11.1 Å². The predicted octanol–water partition coefficient (Wildman–Crippen LogP) is 5.03. The number of aromatic hydroxyl groups is 1. The zero-order valence-corrected chi connectivity index (χ0v) is 19.0. The van der Waals surface area contributed by atoms with Gasteiger partial charge < -0.3 is 9.84 Å². The van der Waals surface area contributed by atoms with Gasteiger partial charge in [-0.2, -0.15) is 8.42 Å². The van der Waals surface area contributed by atoms with Gasteiger partial charge in [-0.1, -0.05) is 49.2 Å². The number of benzene rings is 2. The van der Waals surface area contributed by atoms with Gasteiger partial charge in [-0.3, -0.25) is 9.35 Å². The summed E-state index contributed by atoms with van der Waals surface area (Å²) >= 11 is 12.7. The van der Waals surface area contributed by atoms with Crippen LogP contribution in [0, 0.1) is 0 Å². The van der Waals surface area contributed by atoms with E-state index < -0.39 is 15.9 Å². The largest absolute Gasteiger partial charge is 0.508 e. The van der Waals surface area contributed by atoms with Gasteiger partial charge in [-0.15, -0.1) is 0 Å². The molecule has 0 heterocycles. The van der Waals surface area contributed by atoms with Gasteiger partial charge in [-0.25, -0.2) is 0 Å². The van der Waals surface area contributed by atoms with Gasteiger partial charge in [0, 0.05) is 22.9 Å². The van der Waals surface area contributed by atoms with Gasteiger partial charge in [0.25, 0.3) is 10.1 Å². The summed E-state index contributed by atoms with van der Waals surface area (Å²) in [7, 11) is -4.08. The van der Waals surface area contributed by atoms with Crippen LogP contribution >= 0.6 is 23.2 Å². The second-order valence-electron chi connectivity index (χ2n) is 7.31. The molecule has 2 rings (SSSR count). The van der Waals surface area contributed by atoms with Gasteiger partial charge in [0.2, 0.25) is 0 Å². The molecule has 0 saturated carbocycles. The number of carbonyl (C=O) groups excluding carboxylic acids is 1. The van der Waals surface area contributed by atoms with Crippen LogP contribution in [0.2, 0.25) is 10.0 Å². The molecule has 0 bridgehead atoms. The highest BCUT2D eigenvalue weighted by atomic mass is 35.5. The highest BCUT2D eigenvalue weighted by Crippen LogP contribution is 2.34. The highest BCUT2D eigenvalue weighted by Gasteiger charge is 2.14. The maximum Gasteiger partial charge on any atom is 0.264 e. The second-order valence-corrected chi connectivity index (χ2v) is 9.69. The zero-order valence-electron chi connectivity index (χ0n) is 16.7. The molecular formula is C21H24Cl2O6S. The molecule has 0 aliphatic carbocycles. The number of hydrogen-bond donors (Lipinski definition) is 2. The second kappa shape index (κ2) is 10.5. The maximum absolute atomic E-state index is 11.8. The fraction of sp³-hybridized carbons (Fsp3) is 0.381. The number of phenols is 1. The van der Waals surface area contributed by atoms with Gasteiger partial charge in [0.1, 0.15) is 18.1 Å². The van der Waals surface area contributed by atoms with Crippen LogP contribution in [-0.4, -0.2) is 36.2 Å². The van der Waals surface area contributed by atoms with Crippen molar-refractivity contribution < 1.29 is 27.6 Å². The van der Waals surface area contributed by atoms with E-state index in [9.17, 15) is 18.3 Å². The Bertz CT molecular complexity index is 995. The van der Waals surface area contributed by atoms with E-state index >= 15 is 0 Å². The fourth-order valence-electron chi connectivity index (χ4n) is 2.90. The topological polar surface area (TPSA) is 101 Å². The number of halogens is 2. The van der Waals surface area contributed by atoms with E-state index in [0.29, 0.717) is 27.8 Å². The molecule has 2 aromatic carbocycles. The summed E-state index contributed by atoms with van der Waals surface area (Å²) in [6, 6.07) is 8.51. The lowest BCUT2D eigenvalue weighted by Crippen LogP contribution is -2.13. The molecule has 0 unspecified atom stereocenters. The minimum Gasteiger partial charge on any atom is -0.508 e. The van der Waals surface area contributed by atoms with E-state index in [1.807, 2.05) is 26.0 Å². The van der Waals surface area contributed by atoms with Crippen LogP contribution in [0.15, 0.2) is 30.3 Å². The maximum atomic E-state index is 11.8. The molecule has 0 amide bonds. The van der Waals surface area contributed by atoms with Crippen LogP contribution in [-0.2, 0) is 21.3 Å². The van der Waals surface area contributed by atoms with Crippen molar-refractivity contribution in [2.24, 2.45) is 0 Å². The Morgan fingerprint density at radius 2 is 1.77 bits per heavy atom. The van der Waals surface area contributed by atoms with Crippen molar-refractivity contribution in [3.8, 4) is 11.5 Å². The van der Waals surface area contributed by atoms with Crippen molar-refractivity contribution in [2.45, 2.75) is 39.0 Å².